The molecule has 0 radical (unpaired) electrons. The number of carboxylic acids is 1. The lowest BCUT2D eigenvalue weighted by Crippen LogP contribution is -2.39. The second-order valence-electron chi connectivity index (χ2n) is 6.93. The maximum Gasteiger partial charge on any atom is 0.356 e. The first kappa shape index (κ1) is 19.0. The number of anilines is 1. The summed E-state index contributed by atoms with van der Waals surface area (Å²) in [5, 5.41) is 17.4. The van der Waals surface area contributed by atoms with Gasteiger partial charge < -0.3 is 15.3 Å². The van der Waals surface area contributed by atoms with Crippen molar-refractivity contribution in [3.05, 3.63) is 76.1 Å². The number of amides is 2. The van der Waals surface area contributed by atoms with Crippen molar-refractivity contribution in [2.24, 2.45) is 0 Å². The van der Waals surface area contributed by atoms with E-state index in [-0.39, 0.29) is 18.3 Å². The minimum Gasteiger partial charge on any atom is -0.476 e. The molecular formula is C21H19ClN4O3. The molecule has 0 saturated carbocycles. The van der Waals surface area contributed by atoms with Gasteiger partial charge in [-0.1, -0.05) is 29.3 Å². The molecule has 2 N–H and O–H groups in total. The average molecular weight is 411 g/mol. The number of carbonyl (C=O) groups is 2. The molecule has 1 aliphatic rings. The molecule has 1 aromatic heterocycles. The summed E-state index contributed by atoms with van der Waals surface area (Å²) in [7, 11) is 0. The first-order valence-corrected chi connectivity index (χ1v) is 9.53. The van der Waals surface area contributed by atoms with Crippen LogP contribution in [0.5, 0.6) is 0 Å². The van der Waals surface area contributed by atoms with Crippen LogP contribution in [0.2, 0.25) is 5.02 Å². The van der Waals surface area contributed by atoms with Crippen molar-refractivity contribution in [3.63, 3.8) is 0 Å². The minimum atomic E-state index is -1.12. The zero-order valence-electron chi connectivity index (χ0n) is 15.7. The third kappa shape index (κ3) is 3.82. The molecule has 0 fully saturated rings. The van der Waals surface area contributed by atoms with Crippen LogP contribution in [0.1, 0.15) is 27.3 Å². The molecule has 0 saturated heterocycles. The first-order chi connectivity index (χ1) is 13.9. The number of aryl methyl sites for hydroxylation is 1. The molecule has 0 unspecified atom stereocenters. The Kier molecular flexibility index (Phi) is 4.98. The van der Waals surface area contributed by atoms with Crippen molar-refractivity contribution in [3.8, 4) is 5.69 Å². The van der Waals surface area contributed by atoms with Crippen LogP contribution in [0.4, 0.5) is 10.5 Å². The number of benzene rings is 2. The molecule has 7 nitrogen and oxygen atoms in total. The summed E-state index contributed by atoms with van der Waals surface area (Å²) in [6.45, 7) is 2.62. The molecule has 2 amide bonds. The Hall–Kier alpha value is -3.32. The van der Waals surface area contributed by atoms with Gasteiger partial charge in [0.2, 0.25) is 0 Å². The molecule has 0 spiro atoms. The molecule has 148 valence electrons. The number of nitrogens with zero attached hydrogens (tertiary/aromatic N) is 3. The molecule has 4 rings (SSSR count). The number of hydrogen-bond donors (Lipinski definition) is 2. The lowest BCUT2D eigenvalue weighted by molar-refractivity contribution is 0.0687. The van der Waals surface area contributed by atoms with Crippen molar-refractivity contribution < 1.29 is 14.7 Å². The molecule has 1 aliphatic heterocycles. The Labute approximate surface area is 172 Å². The highest BCUT2D eigenvalue weighted by atomic mass is 35.5. The van der Waals surface area contributed by atoms with Gasteiger partial charge >= 0.3 is 12.0 Å². The summed E-state index contributed by atoms with van der Waals surface area (Å²) in [6, 6.07) is 14.3. The Morgan fingerprint density at radius 1 is 1.10 bits per heavy atom. The Morgan fingerprint density at radius 3 is 2.45 bits per heavy atom. The highest BCUT2D eigenvalue weighted by Gasteiger charge is 2.30. The van der Waals surface area contributed by atoms with E-state index >= 15 is 0 Å². The molecule has 0 aliphatic carbocycles. The Morgan fingerprint density at radius 2 is 1.79 bits per heavy atom. The van der Waals surface area contributed by atoms with Crippen LogP contribution in [0.25, 0.3) is 5.69 Å². The molecule has 0 atom stereocenters. The van der Waals surface area contributed by atoms with Crippen molar-refractivity contribution in [2.45, 2.75) is 19.9 Å². The van der Waals surface area contributed by atoms with Crippen LogP contribution in [0.15, 0.2) is 48.5 Å². The fraction of sp³-hybridized carbons (Fsp3) is 0.190. The molecule has 0 bridgehead atoms. The van der Waals surface area contributed by atoms with Gasteiger partial charge in [0, 0.05) is 29.2 Å². The quantitative estimate of drug-likeness (QED) is 0.679. The number of halogens is 1. The first-order valence-electron chi connectivity index (χ1n) is 9.15. The standard InChI is InChI=1S/C21H19ClN4O3/c1-13-2-6-15(7-3-13)23-21(29)25-11-10-18-17(12-25)19(20(27)28)24-26(18)16-8-4-14(22)5-9-16/h2-9H,10-12H2,1H3,(H,23,29)(H,27,28). The molecule has 2 heterocycles. The summed E-state index contributed by atoms with van der Waals surface area (Å²) in [5.41, 5.74) is 3.84. The monoisotopic (exact) mass is 410 g/mol. The van der Waals surface area contributed by atoms with Crippen LogP contribution in [0.3, 0.4) is 0 Å². The highest BCUT2D eigenvalue weighted by molar-refractivity contribution is 6.30. The number of urea groups is 1. The van der Waals surface area contributed by atoms with Gasteiger partial charge in [0.15, 0.2) is 5.69 Å². The Bertz CT molecular complexity index is 1070. The van der Waals surface area contributed by atoms with Gasteiger partial charge in [-0.3, -0.25) is 0 Å². The van der Waals surface area contributed by atoms with E-state index < -0.39 is 5.97 Å². The number of carbonyl (C=O) groups excluding carboxylic acids is 1. The van der Waals surface area contributed by atoms with Crippen LogP contribution < -0.4 is 5.32 Å². The van der Waals surface area contributed by atoms with Crippen molar-refractivity contribution in [2.75, 3.05) is 11.9 Å². The zero-order chi connectivity index (χ0) is 20.5. The minimum absolute atomic E-state index is 0.0391. The predicted molar refractivity (Wildman–Crippen MR) is 110 cm³/mol. The number of rotatable bonds is 3. The number of nitrogens with one attached hydrogen (secondary N) is 1. The van der Waals surface area contributed by atoms with Crippen molar-refractivity contribution in [1.82, 2.24) is 14.7 Å². The van der Waals surface area contributed by atoms with E-state index in [1.165, 1.54) is 0 Å². The van der Waals surface area contributed by atoms with Gasteiger partial charge in [-0.05, 0) is 43.3 Å². The summed E-state index contributed by atoms with van der Waals surface area (Å²) in [6.07, 6.45) is 0.500. The van der Waals surface area contributed by atoms with Crippen LogP contribution in [-0.2, 0) is 13.0 Å². The predicted octanol–water partition coefficient (Wildman–Crippen LogP) is 4.12. The normalized spacial score (nSPS) is 13.1. The third-order valence-corrected chi connectivity index (χ3v) is 5.17. The van der Waals surface area contributed by atoms with Crippen LogP contribution in [0, 0.1) is 6.92 Å². The van der Waals surface area contributed by atoms with E-state index in [4.69, 9.17) is 11.6 Å². The maximum absolute atomic E-state index is 12.7. The fourth-order valence-electron chi connectivity index (χ4n) is 3.40. The van der Waals surface area contributed by atoms with Crippen LogP contribution in [-0.4, -0.2) is 38.3 Å². The lowest BCUT2D eigenvalue weighted by atomic mass is 10.1. The van der Waals surface area contributed by atoms with Crippen molar-refractivity contribution >= 4 is 29.3 Å². The van der Waals surface area contributed by atoms with E-state index in [2.05, 4.69) is 10.4 Å². The van der Waals surface area contributed by atoms with Gasteiger partial charge in [-0.25, -0.2) is 14.3 Å². The van der Waals surface area contributed by atoms with Gasteiger partial charge in [0.25, 0.3) is 0 Å². The van der Waals surface area contributed by atoms with E-state index in [9.17, 15) is 14.7 Å². The summed E-state index contributed by atoms with van der Waals surface area (Å²) >= 11 is 5.95. The van der Waals surface area contributed by atoms with E-state index in [1.807, 2.05) is 31.2 Å². The molecular weight excluding hydrogens is 392 g/mol. The SMILES string of the molecule is Cc1ccc(NC(=O)N2CCc3c(c(C(=O)O)nn3-c3ccc(Cl)cc3)C2)cc1. The second kappa shape index (κ2) is 7.60. The number of fused-ring (bicyclic) bond motifs is 1. The average Bonchev–Trinajstić information content (AvgIpc) is 3.09. The van der Waals surface area contributed by atoms with E-state index in [1.54, 1.807) is 33.8 Å². The van der Waals surface area contributed by atoms with Crippen LogP contribution >= 0.6 is 11.6 Å². The molecule has 2 aromatic carbocycles. The van der Waals surface area contributed by atoms with E-state index in [0.717, 1.165) is 16.9 Å². The van der Waals surface area contributed by atoms with Gasteiger partial charge in [-0.2, -0.15) is 5.10 Å². The highest BCUT2D eigenvalue weighted by Crippen LogP contribution is 2.26. The van der Waals surface area contributed by atoms with Gasteiger partial charge in [0.1, 0.15) is 0 Å². The molecule has 29 heavy (non-hydrogen) atoms. The largest absolute Gasteiger partial charge is 0.476 e. The fourth-order valence-corrected chi connectivity index (χ4v) is 3.53. The zero-order valence-corrected chi connectivity index (χ0v) is 16.5. The summed E-state index contributed by atoms with van der Waals surface area (Å²) < 4.78 is 1.63. The van der Waals surface area contributed by atoms with E-state index in [0.29, 0.717) is 29.2 Å². The van der Waals surface area contributed by atoms with Gasteiger partial charge in [-0.15, -0.1) is 0 Å². The number of hydrogen-bond acceptors (Lipinski definition) is 3. The van der Waals surface area contributed by atoms with Gasteiger partial charge in [0.05, 0.1) is 17.9 Å². The second-order valence-corrected chi connectivity index (χ2v) is 7.37. The number of aromatic nitrogens is 2. The number of carboxylic acid groups (broad SMARTS) is 1. The Balaban J connectivity index is 1.61. The lowest BCUT2D eigenvalue weighted by Gasteiger charge is -2.28. The summed E-state index contributed by atoms with van der Waals surface area (Å²) in [5.74, 6) is -1.12. The molecule has 3 aromatic rings. The molecule has 8 heteroatoms. The van der Waals surface area contributed by atoms with Crippen molar-refractivity contribution in [1.29, 1.82) is 0 Å². The number of aromatic carboxylic acids is 1. The summed E-state index contributed by atoms with van der Waals surface area (Å²) in [4.78, 5) is 26.0. The topological polar surface area (TPSA) is 87.5 Å². The third-order valence-electron chi connectivity index (χ3n) is 4.92. The maximum atomic E-state index is 12.7. The smallest absolute Gasteiger partial charge is 0.356 e.